The Kier molecular flexibility index (Phi) is 2.67. The van der Waals surface area contributed by atoms with Gasteiger partial charge in [0.2, 0.25) is 0 Å². The third-order valence-corrected chi connectivity index (χ3v) is 3.49. The van der Waals surface area contributed by atoms with Crippen LogP contribution < -0.4 is 5.32 Å². The van der Waals surface area contributed by atoms with E-state index in [0.29, 0.717) is 12.0 Å². The molecule has 1 aromatic rings. The number of ether oxygens (including phenoxy) is 2. The zero-order valence-electron chi connectivity index (χ0n) is 9.48. The van der Waals surface area contributed by atoms with Gasteiger partial charge in [0.15, 0.2) is 6.29 Å². The minimum Gasteiger partial charge on any atom is -0.348 e. The molecule has 0 unspecified atom stereocenters. The van der Waals surface area contributed by atoms with E-state index in [1.54, 1.807) is 0 Å². The van der Waals surface area contributed by atoms with Gasteiger partial charge < -0.3 is 14.8 Å². The van der Waals surface area contributed by atoms with E-state index in [4.69, 9.17) is 9.47 Å². The summed E-state index contributed by atoms with van der Waals surface area (Å²) in [6.45, 7) is 1.78. The van der Waals surface area contributed by atoms with Gasteiger partial charge in [0.05, 0.1) is 12.7 Å². The van der Waals surface area contributed by atoms with Gasteiger partial charge in [0.25, 0.3) is 0 Å². The van der Waals surface area contributed by atoms with Crippen molar-refractivity contribution in [2.75, 3.05) is 20.2 Å². The van der Waals surface area contributed by atoms with Crippen LogP contribution in [0.25, 0.3) is 0 Å². The molecule has 3 atom stereocenters. The molecule has 0 aromatic heterocycles. The molecule has 2 aliphatic heterocycles. The summed E-state index contributed by atoms with van der Waals surface area (Å²) < 4.78 is 11.6. The number of rotatable bonds is 2. The molecule has 0 aliphatic carbocycles. The van der Waals surface area contributed by atoms with Crippen molar-refractivity contribution in [3.05, 3.63) is 35.4 Å². The summed E-state index contributed by atoms with van der Waals surface area (Å²) in [6, 6.07) is 8.47. The highest BCUT2D eigenvalue weighted by Gasteiger charge is 2.38. The highest BCUT2D eigenvalue weighted by Crippen LogP contribution is 2.41. The first-order chi connectivity index (χ1) is 7.90. The lowest BCUT2D eigenvalue weighted by Gasteiger charge is -2.41. The van der Waals surface area contributed by atoms with Crippen molar-refractivity contribution in [3.8, 4) is 0 Å². The summed E-state index contributed by atoms with van der Waals surface area (Å²) >= 11 is 0. The molecule has 1 fully saturated rings. The molecule has 3 heteroatoms. The molecule has 0 amide bonds. The van der Waals surface area contributed by atoms with Gasteiger partial charge >= 0.3 is 0 Å². The Hall–Kier alpha value is -0.900. The molecular weight excluding hydrogens is 202 g/mol. The Labute approximate surface area is 95.8 Å². The Morgan fingerprint density at radius 1 is 1.31 bits per heavy atom. The predicted octanol–water partition coefficient (Wildman–Crippen LogP) is 1.81. The Balaban J connectivity index is 2.02. The van der Waals surface area contributed by atoms with Crippen LogP contribution in [0, 0.1) is 0 Å². The van der Waals surface area contributed by atoms with Crippen LogP contribution >= 0.6 is 0 Å². The molecule has 16 heavy (non-hydrogen) atoms. The van der Waals surface area contributed by atoms with Gasteiger partial charge in [-0.1, -0.05) is 24.3 Å². The summed E-state index contributed by atoms with van der Waals surface area (Å²) in [5, 5.41) is 3.26. The normalized spacial score (nSPS) is 32.2. The molecule has 1 N–H and O–H groups in total. The van der Waals surface area contributed by atoms with Crippen molar-refractivity contribution in [2.45, 2.75) is 24.7 Å². The zero-order chi connectivity index (χ0) is 11.0. The molecule has 1 aromatic carbocycles. The summed E-state index contributed by atoms with van der Waals surface area (Å²) in [4.78, 5) is 0. The van der Waals surface area contributed by atoms with Crippen LogP contribution in [0.15, 0.2) is 24.3 Å². The fourth-order valence-corrected chi connectivity index (χ4v) is 2.74. The minimum atomic E-state index is -0.136. The van der Waals surface area contributed by atoms with Crippen molar-refractivity contribution in [1.82, 2.24) is 5.32 Å². The topological polar surface area (TPSA) is 30.5 Å². The van der Waals surface area contributed by atoms with Crippen molar-refractivity contribution >= 4 is 0 Å². The lowest BCUT2D eigenvalue weighted by atomic mass is 9.84. The fraction of sp³-hybridized carbons (Fsp3) is 0.538. The van der Waals surface area contributed by atoms with Crippen molar-refractivity contribution in [3.63, 3.8) is 0 Å². The smallest absolute Gasteiger partial charge is 0.184 e. The van der Waals surface area contributed by atoms with Crippen molar-refractivity contribution < 1.29 is 9.47 Å². The van der Waals surface area contributed by atoms with Gasteiger partial charge in [-0.25, -0.2) is 0 Å². The number of benzene rings is 1. The molecule has 2 bridgehead atoms. The SMILES string of the molecule is CNC[C@H]1c2ccccc2[C@H]2OCC[C@@H]1O2. The third-order valence-electron chi connectivity index (χ3n) is 3.49. The maximum absolute atomic E-state index is 5.95. The maximum Gasteiger partial charge on any atom is 0.184 e. The van der Waals surface area contributed by atoms with Crippen molar-refractivity contribution in [2.24, 2.45) is 0 Å². The van der Waals surface area contributed by atoms with E-state index in [2.05, 4.69) is 29.6 Å². The molecule has 3 rings (SSSR count). The molecule has 3 nitrogen and oxygen atoms in total. The van der Waals surface area contributed by atoms with Gasteiger partial charge in [-0.05, 0) is 19.0 Å². The average Bonchev–Trinajstić information content (AvgIpc) is 2.35. The Morgan fingerprint density at radius 2 is 2.12 bits per heavy atom. The lowest BCUT2D eigenvalue weighted by Crippen LogP contribution is -2.40. The second-order valence-electron chi connectivity index (χ2n) is 4.46. The first-order valence-electron chi connectivity index (χ1n) is 5.90. The molecular formula is C13H17NO2. The third kappa shape index (κ3) is 1.56. The second kappa shape index (κ2) is 4.17. The zero-order valence-corrected chi connectivity index (χ0v) is 9.48. The molecule has 0 spiro atoms. The Morgan fingerprint density at radius 3 is 2.94 bits per heavy atom. The number of hydrogen-bond donors (Lipinski definition) is 1. The molecule has 2 heterocycles. The quantitative estimate of drug-likeness (QED) is 0.823. The van der Waals surface area contributed by atoms with E-state index in [1.165, 1.54) is 11.1 Å². The molecule has 2 aliphatic rings. The molecule has 0 radical (unpaired) electrons. The number of fused-ring (bicyclic) bond motifs is 4. The van der Waals surface area contributed by atoms with Crippen LogP contribution in [-0.4, -0.2) is 26.3 Å². The molecule has 0 saturated carbocycles. The van der Waals surface area contributed by atoms with E-state index in [9.17, 15) is 0 Å². The first-order valence-corrected chi connectivity index (χ1v) is 5.90. The predicted molar refractivity (Wildman–Crippen MR) is 61.3 cm³/mol. The van der Waals surface area contributed by atoms with Gasteiger partial charge in [0, 0.05) is 18.0 Å². The molecule has 1 saturated heterocycles. The van der Waals surface area contributed by atoms with E-state index in [-0.39, 0.29) is 6.29 Å². The van der Waals surface area contributed by atoms with Crippen LogP contribution in [0.5, 0.6) is 0 Å². The summed E-state index contributed by atoms with van der Waals surface area (Å²) in [5.41, 5.74) is 2.59. The fourth-order valence-electron chi connectivity index (χ4n) is 2.74. The highest BCUT2D eigenvalue weighted by molar-refractivity contribution is 5.35. The van der Waals surface area contributed by atoms with Crippen LogP contribution in [-0.2, 0) is 9.47 Å². The summed E-state index contributed by atoms with van der Waals surface area (Å²) in [7, 11) is 1.99. The summed E-state index contributed by atoms with van der Waals surface area (Å²) in [5.74, 6) is 0.460. The monoisotopic (exact) mass is 219 g/mol. The van der Waals surface area contributed by atoms with E-state index < -0.39 is 0 Å². The second-order valence-corrected chi connectivity index (χ2v) is 4.46. The molecule has 86 valence electrons. The van der Waals surface area contributed by atoms with Crippen LogP contribution in [0.1, 0.15) is 29.8 Å². The first kappa shape index (κ1) is 10.3. The highest BCUT2D eigenvalue weighted by atomic mass is 16.7. The van der Waals surface area contributed by atoms with Gasteiger partial charge in [0.1, 0.15) is 0 Å². The lowest BCUT2D eigenvalue weighted by molar-refractivity contribution is -0.231. The van der Waals surface area contributed by atoms with Gasteiger partial charge in [-0.2, -0.15) is 0 Å². The summed E-state index contributed by atoms with van der Waals surface area (Å²) in [6.07, 6.45) is 1.17. The van der Waals surface area contributed by atoms with E-state index in [0.717, 1.165) is 19.6 Å². The number of likely N-dealkylation sites (N-methyl/N-ethyl adjacent to an activating group) is 1. The Bertz CT molecular complexity index is 380. The van der Waals surface area contributed by atoms with Crippen LogP contribution in [0.3, 0.4) is 0 Å². The van der Waals surface area contributed by atoms with Crippen molar-refractivity contribution in [1.29, 1.82) is 0 Å². The van der Waals surface area contributed by atoms with Gasteiger partial charge in [-0.3, -0.25) is 0 Å². The largest absolute Gasteiger partial charge is 0.348 e. The van der Waals surface area contributed by atoms with Crippen LogP contribution in [0.2, 0.25) is 0 Å². The standard InChI is InChI=1S/C13H17NO2/c1-14-8-11-9-4-2-3-5-10(9)13-15-7-6-12(11)16-13/h2-5,11-14H,6-8H2,1H3/t11-,12-,13-/m0/s1. The number of hydrogen-bond acceptors (Lipinski definition) is 3. The number of nitrogens with one attached hydrogen (secondary N) is 1. The maximum atomic E-state index is 5.95. The minimum absolute atomic E-state index is 0.136. The van der Waals surface area contributed by atoms with E-state index >= 15 is 0 Å². The van der Waals surface area contributed by atoms with Gasteiger partial charge in [-0.15, -0.1) is 0 Å². The van der Waals surface area contributed by atoms with E-state index in [1.807, 2.05) is 7.05 Å². The average molecular weight is 219 g/mol. The van der Waals surface area contributed by atoms with Crippen LogP contribution in [0.4, 0.5) is 0 Å².